The Morgan fingerprint density at radius 2 is 1.75 bits per heavy atom. The number of ether oxygens (including phenoxy) is 2. The number of nitrogens with zero attached hydrogens (tertiary/aromatic N) is 1. The van der Waals surface area contributed by atoms with Crippen molar-refractivity contribution in [1.29, 1.82) is 0 Å². The minimum atomic E-state index is 0.460. The molecule has 0 aliphatic heterocycles. The smallest absolute Gasteiger partial charge is 0.217 e. The molecule has 0 N–H and O–H groups in total. The van der Waals surface area contributed by atoms with Crippen molar-refractivity contribution in [3.05, 3.63) is 17.7 Å². The first-order chi connectivity index (χ1) is 5.80. The van der Waals surface area contributed by atoms with Crippen molar-refractivity contribution in [1.82, 2.24) is 4.98 Å². The number of pyridine rings is 1. The van der Waals surface area contributed by atoms with E-state index >= 15 is 0 Å². The van der Waals surface area contributed by atoms with E-state index in [2.05, 4.69) is 10.9 Å². The summed E-state index contributed by atoms with van der Waals surface area (Å²) < 4.78 is 9.82. The van der Waals surface area contributed by atoms with Crippen LogP contribution in [-0.4, -0.2) is 19.2 Å². The molecule has 0 bridgehead atoms. The summed E-state index contributed by atoms with van der Waals surface area (Å²) in [6.07, 6.45) is 5.21. The van der Waals surface area contributed by atoms with Crippen molar-refractivity contribution >= 4 is 0 Å². The fourth-order valence-electron chi connectivity index (χ4n) is 0.773. The second kappa shape index (κ2) is 3.63. The summed E-state index contributed by atoms with van der Waals surface area (Å²) in [5.74, 6) is 3.40. The lowest BCUT2D eigenvalue weighted by atomic mass is 10.3. The minimum Gasteiger partial charge on any atom is -0.481 e. The van der Waals surface area contributed by atoms with Crippen LogP contribution in [0.25, 0.3) is 0 Å². The monoisotopic (exact) mass is 163 g/mol. The van der Waals surface area contributed by atoms with Gasteiger partial charge in [-0.1, -0.05) is 5.92 Å². The Labute approximate surface area is 71.3 Å². The molecule has 3 heteroatoms. The maximum absolute atomic E-state index is 5.21. The maximum atomic E-state index is 5.21. The fraction of sp³-hybridized carbons (Fsp3) is 0.222. The van der Waals surface area contributed by atoms with Gasteiger partial charge < -0.3 is 9.47 Å². The van der Waals surface area contributed by atoms with Crippen molar-refractivity contribution < 1.29 is 9.47 Å². The van der Waals surface area contributed by atoms with Gasteiger partial charge in [-0.15, -0.1) is 6.42 Å². The standard InChI is InChI=1S/C9H9NO2/c1-4-7-5-8(11-2)10-9(6-7)12-3/h1,5-6H,2-3H3. The van der Waals surface area contributed by atoms with Gasteiger partial charge in [0.05, 0.1) is 14.2 Å². The van der Waals surface area contributed by atoms with Gasteiger partial charge in [-0.25, -0.2) is 0 Å². The molecular formula is C9H9NO2. The van der Waals surface area contributed by atoms with Crippen LogP contribution in [0.1, 0.15) is 5.56 Å². The molecule has 0 saturated carbocycles. The fourth-order valence-corrected chi connectivity index (χ4v) is 0.773. The zero-order valence-corrected chi connectivity index (χ0v) is 7.00. The third-order valence-corrected chi connectivity index (χ3v) is 1.36. The number of terminal acetylenes is 1. The number of hydrogen-bond donors (Lipinski definition) is 0. The van der Waals surface area contributed by atoms with Crippen molar-refractivity contribution in [2.24, 2.45) is 0 Å². The van der Waals surface area contributed by atoms with Gasteiger partial charge in [0.25, 0.3) is 0 Å². The summed E-state index contributed by atoms with van der Waals surface area (Å²) in [5, 5.41) is 0. The SMILES string of the molecule is C#Cc1cc(OC)nc(OC)c1. The Kier molecular flexibility index (Phi) is 2.54. The lowest BCUT2D eigenvalue weighted by molar-refractivity contribution is 0.364. The zero-order chi connectivity index (χ0) is 8.97. The molecule has 0 fully saturated rings. The summed E-state index contributed by atoms with van der Waals surface area (Å²) >= 11 is 0. The van der Waals surface area contributed by atoms with Gasteiger partial charge in [0.15, 0.2) is 0 Å². The van der Waals surface area contributed by atoms with Gasteiger partial charge in [-0.3, -0.25) is 0 Å². The van der Waals surface area contributed by atoms with E-state index < -0.39 is 0 Å². The van der Waals surface area contributed by atoms with Crippen molar-refractivity contribution in [3.63, 3.8) is 0 Å². The molecule has 1 heterocycles. The van der Waals surface area contributed by atoms with Crippen LogP contribution in [0.15, 0.2) is 12.1 Å². The average Bonchev–Trinajstić information content (AvgIpc) is 2.16. The summed E-state index contributed by atoms with van der Waals surface area (Å²) in [5.41, 5.74) is 0.693. The van der Waals surface area contributed by atoms with E-state index in [0.29, 0.717) is 17.3 Å². The van der Waals surface area contributed by atoms with Crippen LogP contribution in [0, 0.1) is 12.3 Å². The summed E-state index contributed by atoms with van der Waals surface area (Å²) in [7, 11) is 3.06. The molecule has 1 rings (SSSR count). The van der Waals surface area contributed by atoms with Crippen LogP contribution in [0.4, 0.5) is 0 Å². The molecule has 3 nitrogen and oxygen atoms in total. The van der Waals surface area contributed by atoms with Crippen molar-refractivity contribution in [2.75, 3.05) is 14.2 Å². The Balaban J connectivity index is 3.12. The Hall–Kier alpha value is -1.69. The van der Waals surface area contributed by atoms with Gasteiger partial charge in [-0.2, -0.15) is 4.98 Å². The summed E-state index contributed by atoms with van der Waals surface area (Å²) in [4.78, 5) is 3.98. The van der Waals surface area contributed by atoms with E-state index in [1.54, 1.807) is 12.1 Å². The number of hydrogen-bond acceptors (Lipinski definition) is 3. The number of methoxy groups -OCH3 is 2. The van der Waals surface area contributed by atoms with Gasteiger partial charge in [-0.05, 0) is 0 Å². The van der Waals surface area contributed by atoms with Crippen LogP contribution >= 0.6 is 0 Å². The highest BCUT2D eigenvalue weighted by Crippen LogP contribution is 2.16. The van der Waals surface area contributed by atoms with Crippen LogP contribution in [-0.2, 0) is 0 Å². The molecule has 0 aliphatic carbocycles. The van der Waals surface area contributed by atoms with E-state index in [9.17, 15) is 0 Å². The maximum Gasteiger partial charge on any atom is 0.217 e. The third-order valence-electron chi connectivity index (χ3n) is 1.36. The molecule has 0 aliphatic rings. The summed E-state index contributed by atoms with van der Waals surface area (Å²) in [6, 6.07) is 3.34. The molecule has 0 amide bonds. The summed E-state index contributed by atoms with van der Waals surface area (Å²) in [6.45, 7) is 0. The topological polar surface area (TPSA) is 31.4 Å². The lowest BCUT2D eigenvalue weighted by Crippen LogP contribution is -1.93. The molecule has 0 atom stereocenters. The van der Waals surface area contributed by atoms with E-state index in [-0.39, 0.29) is 0 Å². The Morgan fingerprint density at radius 1 is 1.25 bits per heavy atom. The van der Waals surface area contributed by atoms with Gasteiger partial charge in [0.1, 0.15) is 0 Å². The Bertz CT molecular complexity index is 293. The first-order valence-electron chi connectivity index (χ1n) is 3.37. The van der Waals surface area contributed by atoms with Crippen LogP contribution in [0.5, 0.6) is 11.8 Å². The zero-order valence-electron chi connectivity index (χ0n) is 7.00. The van der Waals surface area contributed by atoms with Gasteiger partial charge in [0, 0.05) is 17.7 Å². The normalized spacial score (nSPS) is 8.75. The highest BCUT2D eigenvalue weighted by Gasteiger charge is 2.00. The van der Waals surface area contributed by atoms with Crippen LogP contribution < -0.4 is 9.47 Å². The van der Waals surface area contributed by atoms with Crippen LogP contribution in [0.3, 0.4) is 0 Å². The van der Waals surface area contributed by atoms with E-state index in [0.717, 1.165) is 0 Å². The van der Waals surface area contributed by atoms with Gasteiger partial charge >= 0.3 is 0 Å². The first kappa shape index (κ1) is 8.41. The lowest BCUT2D eigenvalue weighted by Gasteiger charge is -2.02. The predicted octanol–water partition coefficient (Wildman–Crippen LogP) is 1.08. The second-order valence-corrected chi connectivity index (χ2v) is 2.08. The van der Waals surface area contributed by atoms with Crippen molar-refractivity contribution in [2.45, 2.75) is 0 Å². The van der Waals surface area contributed by atoms with E-state index in [1.807, 2.05) is 0 Å². The minimum absolute atomic E-state index is 0.460. The average molecular weight is 163 g/mol. The quantitative estimate of drug-likeness (QED) is 0.611. The molecule has 0 aromatic carbocycles. The number of aromatic nitrogens is 1. The highest BCUT2D eigenvalue weighted by atomic mass is 16.5. The predicted molar refractivity (Wildman–Crippen MR) is 45.3 cm³/mol. The van der Waals surface area contributed by atoms with Crippen molar-refractivity contribution in [3.8, 4) is 24.1 Å². The molecule has 0 spiro atoms. The molecule has 12 heavy (non-hydrogen) atoms. The number of rotatable bonds is 2. The molecular weight excluding hydrogens is 154 g/mol. The molecule has 0 unspecified atom stereocenters. The third kappa shape index (κ3) is 1.67. The molecule has 62 valence electrons. The van der Waals surface area contributed by atoms with Crippen LogP contribution in [0.2, 0.25) is 0 Å². The molecule has 0 saturated heterocycles. The van der Waals surface area contributed by atoms with E-state index in [4.69, 9.17) is 15.9 Å². The molecule has 0 radical (unpaired) electrons. The highest BCUT2D eigenvalue weighted by molar-refractivity contribution is 5.38. The Morgan fingerprint density at radius 3 is 2.08 bits per heavy atom. The van der Waals surface area contributed by atoms with Gasteiger partial charge in [0.2, 0.25) is 11.8 Å². The first-order valence-corrected chi connectivity index (χ1v) is 3.37. The molecule has 1 aromatic rings. The largest absolute Gasteiger partial charge is 0.481 e. The molecule has 1 aromatic heterocycles. The van der Waals surface area contributed by atoms with E-state index in [1.165, 1.54) is 14.2 Å². The second-order valence-electron chi connectivity index (χ2n) is 2.08.